The second-order valence-electron chi connectivity index (χ2n) is 7.72. The van der Waals surface area contributed by atoms with Crippen molar-refractivity contribution in [3.8, 4) is 5.75 Å². The molecule has 152 valence electrons. The summed E-state index contributed by atoms with van der Waals surface area (Å²) < 4.78 is 21.7. The Bertz CT molecular complexity index is 1010. The number of nitrogens with one attached hydrogen (secondary N) is 1. The number of ether oxygens (including phenoxy) is 1. The van der Waals surface area contributed by atoms with Gasteiger partial charge in [0.05, 0.1) is 11.0 Å². The van der Waals surface area contributed by atoms with Crippen LogP contribution in [-0.4, -0.2) is 16.0 Å². The third kappa shape index (κ3) is 4.11. The van der Waals surface area contributed by atoms with E-state index in [2.05, 4.69) is 9.88 Å². The summed E-state index contributed by atoms with van der Waals surface area (Å²) >= 11 is 0. The Labute approximate surface area is 169 Å². The Morgan fingerprint density at radius 2 is 2.00 bits per heavy atom. The lowest BCUT2D eigenvalue weighted by Crippen LogP contribution is -2.14. The van der Waals surface area contributed by atoms with Crippen LogP contribution in [0, 0.1) is 12.7 Å². The molecule has 4 rings (SSSR count). The van der Waals surface area contributed by atoms with Gasteiger partial charge in [-0.3, -0.25) is 4.79 Å². The van der Waals surface area contributed by atoms with Crippen LogP contribution in [0.3, 0.4) is 0 Å². The SMILES string of the molecule is Cc1cccc(CNc2nc3cc(OC=O)ccc3n2C2CCCCCC2)c1F. The van der Waals surface area contributed by atoms with Crippen molar-refractivity contribution in [1.29, 1.82) is 0 Å². The highest BCUT2D eigenvalue weighted by Gasteiger charge is 2.21. The lowest BCUT2D eigenvalue weighted by Gasteiger charge is -2.20. The molecule has 1 N–H and O–H groups in total. The normalized spacial score (nSPS) is 15.2. The fraction of sp³-hybridized carbons (Fsp3) is 0.391. The molecule has 2 aromatic carbocycles. The summed E-state index contributed by atoms with van der Waals surface area (Å²) in [5, 5.41) is 3.36. The topological polar surface area (TPSA) is 56.2 Å². The van der Waals surface area contributed by atoms with Crippen LogP contribution >= 0.6 is 0 Å². The van der Waals surface area contributed by atoms with Crippen LogP contribution in [0.4, 0.5) is 10.3 Å². The molecule has 0 aliphatic heterocycles. The van der Waals surface area contributed by atoms with Crippen LogP contribution in [-0.2, 0) is 11.3 Å². The van der Waals surface area contributed by atoms with Crippen molar-refractivity contribution in [2.45, 2.75) is 58.0 Å². The van der Waals surface area contributed by atoms with Crippen molar-refractivity contribution in [2.75, 3.05) is 5.32 Å². The molecule has 0 amide bonds. The first-order valence-electron chi connectivity index (χ1n) is 10.3. The molecule has 0 spiro atoms. The van der Waals surface area contributed by atoms with Gasteiger partial charge in [-0.2, -0.15) is 0 Å². The van der Waals surface area contributed by atoms with E-state index in [0.29, 0.717) is 35.9 Å². The zero-order valence-electron chi connectivity index (χ0n) is 16.7. The molecule has 1 aliphatic carbocycles. The van der Waals surface area contributed by atoms with Crippen molar-refractivity contribution in [2.24, 2.45) is 0 Å². The fourth-order valence-electron chi connectivity index (χ4n) is 4.24. The molecule has 0 radical (unpaired) electrons. The average Bonchev–Trinajstić information content (AvgIpc) is 2.88. The fourth-order valence-corrected chi connectivity index (χ4v) is 4.24. The minimum absolute atomic E-state index is 0.182. The van der Waals surface area contributed by atoms with E-state index >= 15 is 0 Å². The summed E-state index contributed by atoms with van der Waals surface area (Å²) in [6.45, 7) is 2.55. The first kappa shape index (κ1) is 19.4. The van der Waals surface area contributed by atoms with E-state index < -0.39 is 0 Å². The Balaban J connectivity index is 1.70. The van der Waals surface area contributed by atoms with Crippen molar-refractivity contribution in [3.63, 3.8) is 0 Å². The average molecular weight is 395 g/mol. The van der Waals surface area contributed by atoms with E-state index in [9.17, 15) is 9.18 Å². The van der Waals surface area contributed by atoms with E-state index in [4.69, 9.17) is 9.72 Å². The summed E-state index contributed by atoms with van der Waals surface area (Å²) in [6, 6.07) is 11.3. The summed E-state index contributed by atoms with van der Waals surface area (Å²) in [4.78, 5) is 15.5. The highest BCUT2D eigenvalue weighted by Crippen LogP contribution is 2.34. The lowest BCUT2D eigenvalue weighted by molar-refractivity contribution is -0.120. The first-order valence-corrected chi connectivity index (χ1v) is 10.3. The standard InChI is InChI=1S/C23H26FN3O2/c1-16-7-6-8-17(22(16)24)14-25-23-26-20-13-19(29-15-28)11-12-21(20)27(23)18-9-4-2-3-5-10-18/h6-8,11-13,15,18H,2-5,9-10,14H2,1H3,(H,25,26). The lowest BCUT2D eigenvalue weighted by atomic mass is 10.1. The van der Waals surface area contributed by atoms with Gasteiger partial charge in [-0.15, -0.1) is 0 Å². The second-order valence-corrected chi connectivity index (χ2v) is 7.72. The van der Waals surface area contributed by atoms with E-state index in [0.717, 1.165) is 29.8 Å². The molecule has 0 atom stereocenters. The van der Waals surface area contributed by atoms with Crippen molar-refractivity contribution >= 4 is 23.5 Å². The Kier molecular flexibility index (Phi) is 5.79. The molecule has 29 heavy (non-hydrogen) atoms. The Morgan fingerprint density at radius 3 is 2.76 bits per heavy atom. The number of carbonyl (C=O) groups is 1. The number of hydrogen-bond donors (Lipinski definition) is 1. The minimum Gasteiger partial charge on any atom is -0.429 e. The first-order chi connectivity index (χ1) is 14.2. The molecule has 1 saturated carbocycles. The highest BCUT2D eigenvalue weighted by atomic mass is 19.1. The van der Waals surface area contributed by atoms with Gasteiger partial charge < -0.3 is 14.6 Å². The van der Waals surface area contributed by atoms with Gasteiger partial charge in [0.25, 0.3) is 6.47 Å². The molecule has 0 bridgehead atoms. The number of rotatable bonds is 6. The van der Waals surface area contributed by atoms with Gasteiger partial charge in [0.1, 0.15) is 11.6 Å². The van der Waals surface area contributed by atoms with Gasteiger partial charge in [0.2, 0.25) is 5.95 Å². The van der Waals surface area contributed by atoms with Crippen LogP contribution in [0.5, 0.6) is 5.75 Å². The largest absolute Gasteiger partial charge is 0.429 e. The van der Waals surface area contributed by atoms with Gasteiger partial charge in [0, 0.05) is 24.2 Å². The van der Waals surface area contributed by atoms with Gasteiger partial charge in [-0.25, -0.2) is 9.37 Å². The van der Waals surface area contributed by atoms with Gasteiger partial charge >= 0.3 is 0 Å². The number of carbonyl (C=O) groups excluding carboxylic acids is 1. The predicted molar refractivity (Wildman–Crippen MR) is 112 cm³/mol. The number of fused-ring (bicyclic) bond motifs is 1. The van der Waals surface area contributed by atoms with Crippen molar-refractivity contribution in [3.05, 3.63) is 53.3 Å². The van der Waals surface area contributed by atoms with Gasteiger partial charge in [0.15, 0.2) is 0 Å². The molecule has 0 unspecified atom stereocenters. The molecular formula is C23H26FN3O2. The van der Waals surface area contributed by atoms with Crippen molar-refractivity contribution in [1.82, 2.24) is 9.55 Å². The highest BCUT2D eigenvalue weighted by molar-refractivity contribution is 5.81. The smallest absolute Gasteiger partial charge is 0.298 e. The molecule has 0 saturated heterocycles. The number of imidazole rings is 1. The minimum atomic E-state index is -0.182. The molecule has 5 nitrogen and oxygen atoms in total. The number of anilines is 1. The van der Waals surface area contributed by atoms with Crippen molar-refractivity contribution < 1.29 is 13.9 Å². The maximum absolute atomic E-state index is 14.4. The van der Waals surface area contributed by atoms with E-state index in [-0.39, 0.29) is 5.82 Å². The third-order valence-corrected chi connectivity index (χ3v) is 5.74. The number of aryl methyl sites for hydroxylation is 1. The maximum Gasteiger partial charge on any atom is 0.298 e. The molecular weight excluding hydrogens is 369 g/mol. The van der Waals surface area contributed by atoms with Crippen LogP contribution in [0.2, 0.25) is 0 Å². The van der Waals surface area contributed by atoms with E-state index in [1.54, 1.807) is 31.2 Å². The predicted octanol–water partition coefficient (Wildman–Crippen LogP) is 5.53. The summed E-state index contributed by atoms with van der Waals surface area (Å²) in [6.07, 6.45) is 7.12. The molecule has 1 aromatic heterocycles. The maximum atomic E-state index is 14.4. The third-order valence-electron chi connectivity index (χ3n) is 5.74. The Hall–Kier alpha value is -2.89. The Morgan fingerprint density at radius 1 is 1.21 bits per heavy atom. The van der Waals surface area contributed by atoms with Crippen LogP contribution in [0.25, 0.3) is 11.0 Å². The summed E-state index contributed by atoms with van der Waals surface area (Å²) in [5.41, 5.74) is 3.02. The van der Waals surface area contributed by atoms with E-state index in [1.165, 1.54) is 25.7 Å². The zero-order valence-corrected chi connectivity index (χ0v) is 16.7. The van der Waals surface area contributed by atoms with Crippen LogP contribution < -0.4 is 10.1 Å². The van der Waals surface area contributed by atoms with Crippen LogP contribution in [0.15, 0.2) is 36.4 Å². The van der Waals surface area contributed by atoms with Crippen LogP contribution in [0.1, 0.15) is 55.7 Å². The quantitative estimate of drug-likeness (QED) is 0.441. The number of benzene rings is 2. The molecule has 6 heteroatoms. The molecule has 3 aromatic rings. The number of aromatic nitrogens is 2. The van der Waals surface area contributed by atoms with E-state index in [1.807, 2.05) is 12.1 Å². The second kappa shape index (κ2) is 8.64. The molecule has 1 fully saturated rings. The number of halogens is 1. The number of nitrogens with zero attached hydrogens (tertiary/aromatic N) is 2. The molecule has 1 aliphatic rings. The van der Waals surface area contributed by atoms with Gasteiger partial charge in [-0.05, 0) is 37.5 Å². The number of hydrogen-bond acceptors (Lipinski definition) is 4. The monoisotopic (exact) mass is 395 g/mol. The summed E-state index contributed by atoms with van der Waals surface area (Å²) in [5.74, 6) is 1.02. The zero-order chi connectivity index (χ0) is 20.2. The van der Waals surface area contributed by atoms with Gasteiger partial charge in [-0.1, -0.05) is 43.9 Å². The molecule has 1 heterocycles. The summed E-state index contributed by atoms with van der Waals surface area (Å²) in [7, 11) is 0.